The van der Waals surface area contributed by atoms with E-state index in [0.29, 0.717) is 5.56 Å². The van der Waals surface area contributed by atoms with Gasteiger partial charge in [0.15, 0.2) is 11.5 Å². The number of nitrogens with zero attached hydrogens (tertiary/aromatic N) is 1. The number of rotatable bonds is 5. The van der Waals surface area contributed by atoms with Gasteiger partial charge in [-0.05, 0) is 35.2 Å². The third-order valence-electron chi connectivity index (χ3n) is 2.35. The Morgan fingerprint density at radius 3 is 2.85 bits per heavy atom. The number of aromatic hydroxyl groups is 1. The molecule has 1 aromatic carbocycles. The maximum atomic E-state index is 11.8. The van der Waals surface area contributed by atoms with Crippen molar-refractivity contribution in [2.45, 2.75) is 4.21 Å². The molecule has 0 aliphatic rings. The maximum Gasteiger partial charge on any atom is 0.286 e. The molecule has 1 heterocycles. The molecule has 6 nitrogen and oxygen atoms in total. The standard InChI is InChI=1S/C12H12N2O4S2/c1-18-11-7-9(4-5-10(11)15)8-13-14-20(16,17)12-3-2-6-19-12/h2-8,14-15H,1H3/b13-8+. The van der Waals surface area contributed by atoms with Crippen molar-refractivity contribution in [3.8, 4) is 11.5 Å². The fraction of sp³-hybridized carbons (Fsp3) is 0.0833. The highest BCUT2D eigenvalue weighted by molar-refractivity contribution is 7.91. The van der Waals surface area contributed by atoms with E-state index < -0.39 is 10.0 Å². The minimum Gasteiger partial charge on any atom is -0.504 e. The van der Waals surface area contributed by atoms with Crippen LogP contribution >= 0.6 is 11.3 Å². The van der Waals surface area contributed by atoms with E-state index in [1.165, 1.54) is 31.5 Å². The number of hydrogen-bond donors (Lipinski definition) is 2. The van der Waals surface area contributed by atoms with Crippen LogP contribution in [0.2, 0.25) is 0 Å². The van der Waals surface area contributed by atoms with E-state index in [1.807, 2.05) is 0 Å². The largest absolute Gasteiger partial charge is 0.504 e. The second kappa shape index (κ2) is 5.93. The summed E-state index contributed by atoms with van der Waals surface area (Å²) in [4.78, 5) is 2.11. The number of methoxy groups -OCH3 is 1. The van der Waals surface area contributed by atoms with Crippen molar-refractivity contribution in [3.05, 3.63) is 41.3 Å². The molecule has 0 atom stereocenters. The summed E-state index contributed by atoms with van der Waals surface area (Å²) in [5, 5.41) is 14.8. The summed E-state index contributed by atoms with van der Waals surface area (Å²) in [6.45, 7) is 0. The molecule has 0 spiro atoms. The number of sulfonamides is 1. The van der Waals surface area contributed by atoms with E-state index in [-0.39, 0.29) is 15.7 Å². The van der Waals surface area contributed by atoms with Crippen molar-refractivity contribution in [2.24, 2.45) is 5.10 Å². The van der Waals surface area contributed by atoms with Gasteiger partial charge in [0, 0.05) is 0 Å². The number of hydrogen-bond acceptors (Lipinski definition) is 6. The first-order chi connectivity index (χ1) is 9.53. The van der Waals surface area contributed by atoms with Gasteiger partial charge < -0.3 is 9.84 Å². The van der Waals surface area contributed by atoms with Crippen LogP contribution in [0.25, 0.3) is 0 Å². The minimum atomic E-state index is -3.62. The van der Waals surface area contributed by atoms with Gasteiger partial charge in [-0.3, -0.25) is 0 Å². The van der Waals surface area contributed by atoms with Gasteiger partial charge in [0.2, 0.25) is 0 Å². The van der Waals surface area contributed by atoms with Crippen LogP contribution in [0.3, 0.4) is 0 Å². The van der Waals surface area contributed by atoms with Crippen LogP contribution in [0, 0.1) is 0 Å². The van der Waals surface area contributed by atoms with Gasteiger partial charge in [0.25, 0.3) is 10.0 Å². The topological polar surface area (TPSA) is 88.0 Å². The molecular weight excluding hydrogens is 300 g/mol. The number of nitrogens with one attached hydrogen (secondary N) is 1. The molecule has 0 radical (unpaired) electrons. The molecule has 20 heavy (non-hydrogen) atoms. The van der Waals surface area contributed by atoms with Crippen molar-refractivity contribution in [3.63, 3.8) is 0 Å². The van der Waals surface area contributed by atoms with Gasteiger partial charge >= 0.3 is 0 Å². The van der Waals surface area contributed by atoms with Crippen LogP contribution in [0.4, 0.5) is 0 Å². The first kappa shape index (κ1) is 14.4. The van der Waals surface area contributed by atoms with Crippen molar-refractivity contribution in [1.29, 1.82) is 0 Å². The van der Waals surface area contributed by atoms with Gasteiger partial charge in [-0.15, -0.1) is 11.3 Å². The predicted molar refractivity (Wildman–Crippen MR) is 76.9 cm³/mol. The Labute approximate surface area is 120 Å². The van der Waals surface area contributed by atoms with E-state index >= 15 is 0 Å². The zero-order valence-corrected chi connectivity index (χ0v) is 12.1. The zero-order valence-electron chi connectivity index (χ0n) is 10.5. The molecule has 0 aliphatic heterocycles. The molecule has 2 aromatic rings. The van der Waals surface area contributed by atoms with Crippen LogP contribution in [0.5, 0.6) is 11.5 Å². The van der Waals surface area contributed by atoms with Crippen molar-refractivity contribution in [2.75, 3.05) is 7.11 Å². The molecule has 0 amide bonds. The molecule has 0 unspecified atom stereocenters. The molecular formula is C12H12N2O4S2. The molecule has 0 aliphatic carbocycles. The second-order valence-electron chi connectivity index (χ2n) is 3.72. The average molecular weight is 312 g/mol. The summed E-state index contributed by atoms with van der Waals surface area (Å²) < 4.78 is 28.7. The molecule has 2 N–H and O–H groups in total. The normalized spacial score (nSPS) is 11.7. The van der Waals surface area contributed by atoms with Gasteiger partial charge in [-0.1, -0.05) is 6.07 Å². The summed E-state index contributed by atoms with van der Waals surface area (Å²) in [6, 6.07) is 7.70. The lowest BCUT2D eigenvalue weighted by Gasteiger charge is -2.03. The number of hydrazone groups is 1. The van der Waals surface area contributed by atoms with Gasteiger partial charge in [0.1, 0.15) is 4.21 Å². The summed E-state index contributed by atoms with van der Waals surface area (Å²) in [6.07, 6.45) is 1.33. The predicted octanol–water partition coefficient (Wildman–Crippen LogP) is 1.77. The Morgan fingerprint density at radius 1 is 1.40 bits per heavy atom. The fourth-order valence-corrected chi connectivity index (χ4v) is 3.18. The quantitative estimate of drug-likeness (QED) is 0.650. The Bertz CT molecular complexity index is 709. The SMILES string of the molecule is COc1cc(/C=N/NS(=O)(=O)c2cccs2)ccc1O. The number of phenolic OH excluding ortho intramolecular Hbond substituents is 1. The fourth-order valence-electron chi connectivity index (χ4n) is 1.41. The maximum absolute atomic E-state index is 11.8. The number of thiophene rings is 1. The molecule has 2 rings (SSSR count). The van der Waals surface area contributed by atoms with E-state index in [0.717, 1.165) is 11.3 Å². The van der Waals surface area contributed by atoms with Crippen LogP contribution in [0.1, 0.15) is 5.56 Å². The second-order valence-corrected chi connectivity index (χ2v) is 6.55. The number of ether oxygens (including phenoxy) is 1. The lowest BCUT2D eigenvalue weighted by atomic mass is 10.2. The molecule has 0 bridgehead atoms. The van der Waals surface area contributed by atoms with Gasteiger partial charge in [-0.2, -0.15) is 18.4 Å². The Kier molecular flexibility index (Phi) is 4.26. The Hall–Kier alpha value is -2.06. The lowest BCUT2D eigenvalue weighted by molar-refractivity contribution is 0.373. The summed E-state index contributed by atoms with van der Waals surface area (Å²) in [7, 11) is -2.19. The molecule has 1 aromatic heterocycles. The van der Waals surface area contributed by atoms with E-state index in [4.69, 9.17) is 4.74 Å². The van der Waals surface area contributed by atoms with Crippen LogP contribution < -0.4 is 9.57 Å². The van der Waals surface area contributed by atoms with E-state index in [2.05, 4.69) is 9.93 Å². The van der Waals surface area contributed by atoms with E-state index in [1.54, 1.807) is 17.5 Å². The van der Waals surface area contributed by atoms with Crippen LogP contribution in [-0.4, -0.2) is 26.8 Å². The van der Waals surface area contributed by atoms with Gasteiger partial charge in [-0.25, -0.2) is 0 Å². The van der Waals surface area contributed by atoms with Crippen LogP contribution in [-0.2, 0) is 10.0 Å². The smallest absolute Gasteiger partial charge is 0.286 e. The number of phenols is 1. The van der Waals surface area contributed by atoms with Crippen molar-refractivity contribution in [1.82, 2.24) is 4.83 Å². The highest BCUT2D eigenvalue weighted by atomic mass is 32.2. The first-order valence-electron chi connectivity index (χ1n) is 5.48. The van der Waals surface area contributed by atoms with Crippen molar-refractivity contribution >= 4 is 27.6 Å². The third-order valence-corrected chi connectivity index (χ3v) is 4.97. The Morgan fingerprint density at radius 2 is 2.20 bits per heavy atom. The monoisotopic (exact) mass is 312 g/mol. The van der Waals surface area contributed by atoms with Crippen molar-refractivity contribution < 1.29 is 18.3 Å². The first-order valence-corrected chi connectivity index (χ1v) is 7.84. The average Bonchev–Trinajstić information content (AvgIpc) is 2.95. The van der Waals surface area contributed by atoms with Crippen LogP contribution in [0.15, 0.2) is 45.0 Å². The highest BCUT2D eigenvalue weighted by Gasteiger charge is 2.13. The number of benzene rings is 1. The molecule has 8 heteroatoms. The van der Waals surface area contributed by atoms with E-state index in [9.17, 15) is 13.5 Å². The summed E-state index contributed by atoms with van der Waals surface area (Å²) in [5.74, 6) is 0.291. The highest BCUT2D eigenvalue weighted by Crippen LogP contribution is 2.25. The zero-order chi connectivity index (χ0) is 14.6. The Balaban J connectivity index is 2.11. The summed E-state index contributed by atoms with van der Waals surface area (Å²) >= 11 is 1.11. The molecule has 106 valence electrons. The third kappa shape index (κ3) is 3.28. The minimum absolute atomic E-state index is 0.00353. The molecule has 0 saturated carbocycles. The summed E-state index contributed by atoms with van der Waals surface area (Å²) in [5.41, 5.74) is 0.591. The molecule has 0 saturated heterocycles. The lowest BCUT2D eigenvalue weighted by Crippen LogP contribution is -2.17. The van der Waals surface area contributed by atoms with Gasteiger partial charge in [0.05, 0.1) is 13.3 Å². The molecule has 0 fully saturated rings.